The van der Waals surface area contributed by atoms with E-state index in [9.17, 15) is 5.11 Å². The van der Waals surface area contributed by atoms with Crippen LogP contribution in [-0.4, -0.2) is 10.2 Å². The number of rotatable bonds is 3. The molecule has 13 heavy (non-hydrogen) atoms. The van der Waals surface area contributed by atoms with E-state index in [1.54, 1.807) is 6.07 Å². The van der Waals surface area contributed by atoms with Crippen molar-refractivity contribution in [2.24, 2.45) is 0 Å². The first-order chi connectivity index (χ1) is 6.16. The SMILES string of the molecule is CCCCc1ccc(O)c(Cl)c1O. The lowest BCUT2D eigenvalue weighted by atomic mass is 10.1. The smallest absolute Gasteiger partial charge is 0.141 e. The molecule has 0 atom stereocenters. The first-order valence-corrected chi connectivity index (χ1v) is 4.74. The number of benzene rings is 1. The molecule has 0 aromatic heterocycles. The van der Waals surface area contributed by atoms with E-state index in [4.69, 9.17) is 16.7 Å². The fourth-order valence-electron chi connectivity index (χ4n) is 1.16. The Morgan fingerprint density at radius 2 is 2.00 bits per heavy atom. The second-order valence-electron chi connectivity index (χ2n) is 3.01. The predicted molar refractivity (Wildman–Crippen MR) is 53.4 cm³/mol. The molecule has 0 aliphatic carbocycles. The Labute approximate surface area is 82.8 Å². The standard InChI is InChI=1S/C10H13ClO2/c1-2-3-4-7-5-6-8(12)9(11)10(7)13/h5-6,12-13H,2-4H2,1H3. The van der Waals surface area contributed by atoms with E-state index < -0.39 is 0 Å². The summed E-state index contributed by atoms with van der Waals surface area (Å²) in [6.07, 6.45) is 2.87. The zero-order valence-corrected chi connectivity index (χ0v) is 8.30. The van der Waals surface area contributed by atoms with Crippen LogP contribution in [0.25, 0.3) is 0 Å². The van der Waals surface area contributed by atoms with Crippen molar-refractivity contribution >= 4 is 11.6 Å². The highest BCUT2D eigenvalue weighted by Crippen LogP contribution is 2.35. The van der Waals surface area contributed by atoms with Crippen LogP contribution in [0.2, 0.25) is 5.02 Å². The van der Waals surface area contributed by atoms with E-state index in [1.807, 2.05) is 0 Å². The van der Waals surface area contributed by atoms with Gasteiger partial charge in [-0.3, -0.25) is 0 Å². The third kappa shape index (κ3) is 2.28. The first kappa shape index (κ1) is 10.2. The average molecular weight is 201 g/mol. The van der Waals surface area contributed by atoms with Crippen molar-refractivity contribution in [3.8, 4) is 11.5 Å². The van der Waals surface area contributed by atoms with Crippen LogP contribution >= 0.6 is 11.6 Å². The van der Waals surface area contributed by atoms with E-state index >= 15 is 0 Å². The van der Waals surface area contributed by atoms with Crippen molar-refractivity contribution < 1.29 is 10.2 Å². The maximum Gasteiger partial charge on any atom is 0.141 e. The van der Waals surface area contributed by atoms with Crippen LogP contribution in [0.15, 0.2) is 12.1 Å². The van der Waals surface area contributed by atoms with E-state index in [0.717, 1.165) is 24.8 Å². The Bertz CT molecular complexity index is 297. The molecular weight excluding hydrogens is 188 g/mol. The minimum Gasteiger partial charge on any atom is -0.506 e. The maximum atomic E-state index is 9.51. The van der Waals surface area contributed by atoms with Crippen molar-refractivity contribution in [3.63, 3.8) is 0 Å². The van der Waals surface area contributed by atoms with Gasteiger partial charge >= 0.3 is 0 Å². The Morgan fingerprint density at radius 1 is 1.31 bits per heavy atom. The molecule has 0 heterocycles. The second kappa shape index (κ2) is 4.38. The Hall–Kier alpha value is -0.890. The van der Waals surface area contributed by atoms with Crippen molar-refractivity contribution in [2.45, 2.75) is 26.2 Å². The molecule has 0 saturated heterocycles. The van der Waals surface area contributed by atoms with Gasteiger partial charge in [0, 0.05) is 0 Å². The van der Waals surface area contributed by atoms with Gasteiger partial charge < -0.3 is 10.2 Å². The number of hydrogen-bond acceptors (Lipinski definition) is 2. The number of aryl methyl sites for hydroxylation is 1. The van der Waals surface area contributed by atoms with Gasteiger partial charge in [0.05, 0.1) is 0 Å². The van der Waals surface area contributed by atoms with Crippen molar-refractivity contribution in [2.75, 3.05) is 0 Å². The zero-order valence-electron chi connectivity index (χ0n) is 7.55. The zero-order chi connectivity index (χ0) is 9.84. The van der Waals surface area contributed by atoms with Crippen LogP contribution in [0, 0.1) is 0 Å². The number of phenolic OH excluding ortho intramolecular Hbond substituents is 2. The quantitative estimate of drug-likeness (QED) is 0.787. The third-order valence-electron chi connectivity index (χ3n) is 1.98. The molecule has 0 fully saturated rings. The highest BCUT2D eigenvalue weighted by molar-refractivity contribution is 6.33. The summed E-state index contributed by atoms with van der Waals surface area (Å²) in [4.78, 5) is 0. The van der Waals surface area contributed by atoms with Gasteiger partial charge in [-0.05, 0) is 24.5 Å². The summed E-state index contributed by atoms with van der Waals surface area (Å²) in [5.74, 6) is -0.0606. The molecule has 1 rings (SSSR count). The molecule has 0 spiro atoms. The summed E-state index contributed by atoms with van der Waals surface area (Å²) in [5.41, 5.74) is 0.796. The van der Waals surface area contributed by atoms with Crippen molar-refractivity contribution in [1.29, 1.82) is 0 Å². The average Bonchev–Trinajstić information content (AvgIpc) is 2.13. The van der Waals surface area contributed by atoms with Crippen LogP contribution in [0.1, 0.15) is 25.3 Å². The Kier molecular flexibility index (Phi) is 3.43. The molecule has 0 aliphatic rings. The summed E-state index contributed by atoms with van der Waals surface area (Å²) in [6, 6.07) is 3.21. The van der Waals surface area contributed by atoms with Crippen LogP contribution in [-0.2, 0) is 6.42 Å². The van der Waals surface area contributed by atoms with Crippen LogP contribution < -0.4 is 0 Å². The topological polar surface area (TPSA) is 40.5 Å². The molecule has 0 unspecified atom stereocenters. The van der Waals surface area contributed by atoms with E-state index in [2.05, 4.69) is 6.92 Å². The van der Waals surface area contributed by atoms with E-state index in [-0.39, 0.29) is 16.5 Å². The molecule has 2 N–H and O–H groups in total. The van der Waals surface area contributed by atoms with Gasteiger partial charge in [0.25, 0.3) is 0 Å². The van der Waals surface area contributed by atoms with Gasteiger partial charge in [-0.1, -0.05) is 31.0 Å². The number of phenols is 2. The minimum absolute atomic E-state index is 0.00937. The maximum absolute atomic E-state index is 9.51. The van der Waals surface area contributed by atoms with E-state index in [1.165, 1.54) is 6.07 Å². The minimum atomic E-state index is -0.0700. The highest BCUT2D eigenvalue weighted by Gasteiger charge is 2.08. The van der Waals surface area contributed by atoms with Crippen LogP contribution in [0.5, 0.6) is 11.5 Å². The van der Waals surface area contributed by atoms with Crippen LogP contribution in [0.3, 0.4) is 0 Å². The molecule has 0 radical (unpaired) electrons. The van der Waals surface area contributed by atoms with Crippen molar-refractivity contribution in [1.82, 2.24) is 0 Å². The summed E-state index contributed by atoms with van der Waals surface area (Å²) in [7, 11) is 0. The molecule has 0 bridgehead atoms. The van der Waals surface area contributed by atoms with Crippen molar-refractivity contribution in [3.05, 3.63) is 22.7 Å². The van der Waals surface area contributed by atoms with Gasteiger partial charge in [0.1, 0.15) is 16.5 Å². The summed E-state index contributed by atoms with van der Waals surface area (Å²) >= 11 is 5.66. The molecule has 1 aromatic rings. The summed E-state index contributed by atoms with van der Waals surface area (Å²) in [5, 5.41) is 18.7. The van der Waals surface area contributed by atoms with Gasteiger partial charge in [0.15, 0.2) is 0 Å². The predicted octanol–water partition coefficient (Wildman–Crippen LogP) is 3.09. The normalized spacial score (nSPS) is 10.3. The molecule has 1 aromatic carbocycles. The Morgan fingerprint density at radius 3 is 2.62 bits per heavy atom. The number of hydrogen-bond donors (Lipinski definition) is 2. The lowest BCUT2D eigenvalue weighted by Crippen LogP contribution is -1.86. The summed E-state index contributed by atoms with van der Waals surface area (Å²) < 4.78 is 0. The number of aromatic hydroxyl groups is 2. The lowest BCUT2D eigenvalue weighted by Gasteiger charge is -2.06. The molecule has 72 valence electrons. The summed E-state index contributed by atoms with van der Waals surface area (Å²) in [6.45, 7) is 2.08. The number of halogens is 1. The van der Waals surface area contributed by atoms with E-state index in [0.29, 0.717) is 0 Å². The Balaban J connectivity index is 2.90. The van der Waals surface area contributed by atoms with Gasteiger partial charge in [0.2, 0.25) is 0 Å². The largest absolute Gasteiger partial charge is 0.506 e. The molecule has 2 nitrogen and oxygen atoms in total. The second-order valence-corrected chi connectivity index (χ2v) is 3.39. The highest BCUT2D eigenvalue weighted by atomic mass is 35.5. The molecule has 3 heteroatoms. The molecular formula is C10H13ClO2. The molecule has 0 saturated carbocycles. The molecule has 0 amide bonds. The third-order valence-corrected chi connectivity index (χ3v) is 2.35. The van der Waals surface area contributed by atoms with Gasteiger partial charge in [-0.15, -0.1) is 0 Å². The first-order valence-electron chi connectivity index (χ1n) is 4.36. The van der Waals surface area contributed by atoms with Gasteiger partial charge in [-0.25, -0.2) is 0 Å². The fourth-order valence-corrected chi connectivity index (χ4v) is 1.35. The lowest BCUT2D eigenvalue weighted by molar-refractivity contribution is 0.446. The fraction of sp³-hybridized carbons (Fsp3) is 0.400. The van der Waals surface area contributed by atoms with Crippen LogP contribution in [0.4, 0.5) is 0 Å². The molecule has 0 aliphatic heterocycles. The monoisotopic (exact) mass is 200 g/mol. The number of unbranched alkanes of at least 4 members (excludes halogenated alkanes) is 1. The van der Waals surface area contributed by atoms with Gasteiger partial charge in [-0.2, -0.15) is 0 Å².